The van der Waals surface area contributed by atoms with Crippen molar-refractivity contribution in [1.29, 1.82) is 0 Å². The van der Waals surface area contributed by atoms with E-state index < -0.39 is 13.1 Å². The van der Waals surface area contributed by atoms with Crippen LogP contribution in [0, 0.1) is 19.8 Å². The number of rotatable bonds is 5. The average Bonchev–Trinajstić information content (AvgIpc) is 2.73. The Bertz CT molecular complexity index is 564. The molecule has 0 unspecified atom stereocenters. The molecule has 24 heavy (non-hydrogen) atoms. The van der Waals surface area contributed by atoms with E-state index in [1.807, 2.05) is 32.0 Å². The molecular weight excluding hydrogens is 305 g/mol. The summed E-state index contributed by atoms with van der Waals surface area (Å²) in [6.45, 7) is 4.00. The number of benzene rings is 1. The summed E-state index contributed by atoms with van der Waals surface area (Å²) in [6.07, 6.45) is 3.62. The Morgan fingerprint density at radius 1 is 1.25 bits per heavy atom. The first-order valence-electron chi connectivity index (χ1n) is 8.77. The van der Waals surface area contributed by atoms with E-state index >= 15 is 0 Å². The summed E-state index contributed by atoms with van der Waals surface area (Å²) >= 11 is 0. The lowest BCUT2D eigenvalue weighted by Gasteiger charge is -2.22. The van der Waals surface area contributed by atoms with Gasteiger partial charge in [0.25, 0.3) is 0 Å². The van der Waals surface area contributed by atoms with Crippen molar-refractivity contribution in [3.05, 3.63) is 34.9 Å². The molecule has 1 aromatic carbocycles. The van der Waals surface area contributed by atoms with Gasteiger partial charge in [0.1, 0.15) is 0 Å². The highest BCUT2D eigenvalue weighted by molar-refractivity contribution is 6.43. The van der Waals surface area contributed by atoms with Crippen molar-refractivity contribution in [2.75, 3.05) is 0 Å². The van der Waals surface area contributed by atoms with Gasteiger partial charge in [-0.1, -0.05) is 30.2 Å². The van der Waals surface area contributed by atoms with E-state index in [0.29, 0.717) is 19.3 Å². The first-order valence-corrected chi connectivity index (χ1v) is 8.77. The number of carbonyl (C=O) groups excluding carboxylic acids is 1. The zero-order valence-electron chi connectivity index (χ0n) is 14.5. The topological polar surface area (TPSA) is 89.8 Å². The van der Waals surface area contributed by atoms with E-state index in [4.69, 9.17) is 0 Å². The highest BCUT2D eigenvalue weighted by Gasteiger charge is 2.30. The molecule has 0 spiro atoms. The molecule has 132 valence electrons. The lowest BCUT2D eigenvalue weighted by atomic mass is 9.75. The molecule has 1 aliphatic carbocycles. The Kier molecular flexibility index (Phi) is 6.84. The Hall–Kier alpha value is -1.37. The first kappa shape index (κ1) is 19.0. The molecule has 1 amide bonds. The van der Waals surface area contributed by atoms with Crippen LogP contribution in [-0.2, 0) is 11.2 Å². The predicted molar refractivity (Wildman–Crippen MR) is 94.3 cm³/mol. The fourth-order valence-corrected chi connectivity index (χ4v) is 3.39. The molecule has 1 fully saturated rings. The number of carbonyl (C=O) groups is 1. The van der Waals surface area contributed by atoms with Gasteiger partial charge in [-0.15, -0.1) is 0 Å². The van der Waals surface area contributed by atoms with Crippen LogP contribution in [0.5, 0.6) is 0 Å². The quantitative estimate of drug-likeness (QED) is 0.483. The molecule has 6 heteroatoms. The summed E-state index contributed by atoms with van der Waals surface area (Å²) in [7, 11) is -1.61. The van der Waals surface area contributed by atoms with Gasteiger partial charge < -0.3 is 20.5 Å². The molecule has 1 aromatic rings. The van der Waals surface area contributed by atoms with E-state index in [1.54, 1.807) is 0 Å². The van der Waals surface area contributed by atoms with Gasteiger partial charge >= 0.3 is 7.12 Å². The Labute approximate surface area is 144 Å². The second-order valence-corrected chi connectivity index (χ2v) is 7.02. The maximum atomic E-state index is 12.5. The minimum absolute atomic E-state index is 0.146. The van der Waals surface area contributed by atoms with Crippen LogP contribution in [0.4, 0.5) is 0 Å². The molecule has 5 nitrogen and oxygen atoms in total. The predicted octanol–water partition coefficient (Wildman–Crippen LogP) is 1.28. The fraction of sp³-hybridized carbons (Fsp3) is 0.611. The van der Waals surface area contributed by atoms with E-state index in [0.717, 1.165) is 36.0 Å². The zero-order chi connectivity index (χ0) is 17.7. The van der Waals surface area contributed by atoms with Crippen molar-refractivity contribution in [3.8, 4) is 0 Å². The van der Waals surface area contributed by atoms with Crippen LogP contribution in [-0.4, -0.2) is 40.2 Å². The lowest BCUT2D eigenvalue weighted by molar-refractivity contribution is -0.125. The Balaban J connectivity index is 2.01. The summed E-state index contributed by atoms with van der Waals surface area (Å²) in [4.78, 5) is 12.5. The molecule has 1 saturated carbocycles. The molecule has 4 N–H and O–H groups in total. The smallest absolute Gasteiger partial charge is 0.426 e. The van der Waals surface area contributed by atoms with E-state index in [9.17, 15) is 19.9 Å². The van der Waals surface area contributed by atoms with Gasteiger partial charge in [0, 0.05) is 5.92 Å². The molecule has 0 radical (unpaired) electrons. The summed E-state index contributed by atoms with van der Waals surface area (Å²) in [5, 5.41) is 31.8. The van der Waals surface area contributed by atoms with Crippen molar-refractivity contribution < 1.29 is 19.9 Å². The lowest BCUT2D eigenvalue weighted by Crippen LogP contribution is -2.49. The summed E-state index contributed by atoms with van der Waals surface area (Å²) in [5.74, 6) is -1.04. The molecule has 0 bridgehead atoms. The van der Waals surface area contributed by atoms with Gasteiger partial charge in [0.2, 0.25) is 5.91 Å². The standard InChI is InChI=1S/C18H28BNO4/c1-12-6-7-15(13(2)10-12)11-17(19(23)24)20-18(22)14-4-3-5-16(21)9-8-14/h6-7,10,14,16-17,21,23-24H,3-5,8-9,11H2,1-2H3,(H,20,22)/t14-,16+,17-/m0/s1. The Morgan fingerprint density at radius 3 is 2.67 bits per heavy atom. The van der Waals surface area contributed by atoms with Crippen molar-refractivity contribution >= 4 is 13.0 Å². The van der Waals surface area contributed by atoms with Crippen LogP contribution in [0.3, 0.4) is 0 Å². The molecule has 0 aliphatic heterocycles. The second kappa shape index (κ2) is 8.65. The first-order chi connectivity index (χ1) is 11.4. The maximum Gasteiger partial charge on any atom is 0.475 e. The van der Waals surface area contributed by atoms with Crippen LogP contribution in [0.1, 0.15) is 48.8 Å². The van der Waals surface area contributed by atoms with Crippen LogP contribution >= 0.6 is 0 Å². The van der Waals surface area contributed by atoms with Gasteiger partial charge in [0.15, 0.2) is 0 Å². The normalized spacial score (nSPS) is 22.5. The number of aliphatic hydroxyl groups is 1. The molecule has 1 aliphatic rings. The zero-order valence-corrected chi connectivity index (χ0v) is 14.5. The van der Waals surface area contributed by atoms with E-state index in [-0.39, 0.29) is 17.9 Å². The summed E-state index contributed by atoms with van der Waals surface area (Å²) in [6, 6.07) is 6.00. The van der Waals surface area contributed by atoms with Crippen LogP contribution in [0.15, 0.2) is 18.2 Å². The molecule has 3 atom stereocenters. The van der Waals surface area contributed by atoms with Crippen LogP contribution in [0.2, 0.25) is 0 Å². The third-order valence-corrected chi connectivity index (χ3v) is 4.93. The summed E-state index contributed by atoms with van der Waals surface area (Å²) < 4.78 is 0. The highest BCUT2D eigenvalue weighted by atomic mass is 16.4. The molecule has 0 aromatic heterocycles. The molecular formula is C18H28BNO4. The monoisotopic (exact) mass is 333 g/mol. The summed E-state index contributed by atoms with van der Waals surface area (Å²) in [5.41, 5.74) is 3.22. The number of hydrogen-bond donors (Lipinski definition) is 4. The van der Waals surface area contributed by atoms with Crippen LogP contribution < -0.4 is 5.32 Å². The van der Waals surface area contributed by atoms with Gasteiger partial charge in [-0.2, -0.15) is 0 Å². The molecule has 0 saturated heterocycles. The third-order valence-electron chi connectivity index (χ3n) is 4.93. The number of hydrogen-bond acceptors (Lipinski definition) is 4. The number of aryl methyl sites for hydroxylation is 2. The minimum Gasteiger partial charge on any atom is -0.426 e. The van der Waals surface area contributed by atoms with Gasteiger partial charge in [0.05, 0.1) is 12.0 Å². The largest absolute Gasteiger partial charge is 0.475 e. The fourth-order valence-electron chi connectivity index (χ4n) is 3.39. The second-order valence-electron chi connectivity index (χ2n) is 7.02. The number of amides is 1. The Morgan fingerprint density at radius 2 is 2.00 bits per heavy atom. The number of aliphatic hydroxyl groups excluding tert-OH is 1. The van der Waals surface area contributed by atoms with E-state index in [1.165, 1.54) is 0 Å². The SMILES string of the molecule is Cc1ccc(C[C@H](NC(=O)[C@H]2CCC[C@@H](O)CC2)B(O)O)c(C)c1. The average molecular weight is 333 g/mol. The van der Waals surface area contributed by atoms with Crippen LogP contribution in [0.25, 0.3) is 0 Å². The number of nitrogens with one attached hydrogen (secondary N) is 1. The van der Waals surface area contributed by atoms with Gasteiger partial charge in [-0.25, -0.2) is 0 Å². The van der Waals surface area contributed by atoms with Crippen molar-refractivity contribution in [2.24, 2.45) is 5.92 Å². The molecule has 0 heterocycles. The highest BCUT2D eigenvalue weighted by Crippen LogP contribution is 2.24. The third kappa shape index (κ3) is 5.33. The van der Waals surface area contributed by atoms with Crippen molar-refractivity contribution in [1.82, 2.24) is 5.32 Å². The minimum atomic E-state index is -1.61. The van der Waals surface area contributed by atoms with Crippen molar-refractivity contribution in [3.63, 3.8) is 0 Å². The maximum absolute atomic E-state index is 12.5. The molecule has 2 rings (SSSR count). The van der Waals surface area contributed by atoms with Crippen molar-refractivity contribution in [2.45, 2.75) is 64.4 Å². The van der Waals surface area contributed by atoms with Gasteiger partial charge in [-0.05, 0) is 57.1 Å². The van der Waals surface area contributed by atoms with E-state index in [2.05, 4.69) is 5.32 Å². The van der Waals surface area contributed by atoms with Gasteiger partial charge in [-0.3, -0.25) is 4.79 Å².